The van der Waals surface area contributed by atoms with Crippen LogP contribution in [0.25, 0.3) is 11.4 Å². The highest BCUT2D eigenvalue weighted by Gasteiger charge is 2.27. The Morgan fingerprint density at radius 3 is 2.94 bits per heavy atom. The van der Waals surface area contributed by atoms with Gasteiger partial charge in [-0.3, -0.25) is 4.90 Å². The van der Waals surface area contributed by atoms with Crippen LogP contribution >= 0.6 is 11.6 Å². The van der Waals surface area contributed by atoms with Crippen LogP contribution in [0.3, 0.4) is 0 Å². The molecule has 0 spiro atoms. The monoisotopic (exact) mass is 443 g/mol. The number of rotatable bonds is 4. The Bertz CT molecular complexity index is 1070. The van der Waals surface area contributed by atoms with Gasteiger partial charge in [0.1, 0.15) is 5.82 Å². The molecule has 162 valence electrons. The molecule has 31 heavy (non-hydrogen) atoms. The molecule has 0 saturated carbocycles. The molecule has 2 aromatic carbocycles. The highest BCUT2D eigenvalue weighted by Crippen LogP contribution is 2.38. The van der Waals surface area contributed by atoms with Crippen molar-refractivity contribution in [3.05, 3.63) is 58.7 Å². The zero-order valence-electron chi connectivity index (χ0n) is 17.0. The van der Waals surface area contributed by atoms with Gasteiger partial charge < -0.3 is 14.0 Å². The summed E-state index contributed by atoms with van der Waals surface area (Å²) in [6.45, 7) is 3.77. The van der Waals surface area contributed by atoms with E-state index in [0.29, 0.717) is 47.0 Å². The molecule has 0 aliphatic carbocycles. The van der Waals surface area contributed by atoms with Crippen LogP contribution in [0.15, 0.2) is 40.9 Å². The van der Waals surface area contributed by atoms with Gasteiger partial charge in [-0.05, 0) is 49.2 Å². The van der Waals surface area contributed by atoms with Gasteiger partial charge in [0, 0.05) is 25.1 Å². The third-order valence-corrected chi connectivity index (χ3v) is 5.93. The molecule has 0 radical (unpaired) electrons. The Balaban J connectivity index is 1.29. The minimum atomic E-state index is -0.318. The van der Waals surface area contributed by atoms with Gasteiger partial charge in [0.2, 0.25) is 11.7 Å². The van der Waals surface area contributed by atoms with E-state index < -0.39 is 0 Å². The van der Waals surface area contributed by atoms with E-state index >= 15 is 0 Å². The second-order valence-electron chi connectivity index (χ2n) is 8.00. The molecule has 1 aromatic heterocycles. The van der Waals surface area contributed by atoms with Crippen LogP contribution in [-0.2, 0) is 6.54 Å². The van der Waals surface area contributed by atoms with E-state index in [2.05, 4.69) is 15.0 Å². The van der Waals surface area contributed by atoms with Crippen LogP contribution in [0.4, 0.5) is 4.39 Å². The van der Waals surface area contributed by atoms with Crippen molar-refractivity contribution in [1.29, 1.82) is 0 Å². The third-order valence-electron chi connectivity index (χ3n) is 5.65. The van der Waals surface area contributed by atoms with Gasteiger partial charge in [0.15, 0.2) is 11.5 Å². The SMILES string of the molecule is Fc1cccc(-c2noc(C3CCCN(Cc4cc(Cl)c5c(c4)OCCCO5)C3)n2)c1. The average Bonchev–Trinajstić information content (AvgIpc) is 3.14. The van der Waals surface area contributed by atoms with Crippen molar-refractivity contribution in [2.75, 3.05) is 26.3 Å². The fourth-order valence-corrected chi connectivity index (χ4v) is 4.47. The number of hydrogen-bond acceptors (Lipinski definition) is 6. The van der Waals surface area contributed by atoms with Crippen molar-refractivity contribution in [3.63, 3.8) is 0 Å². The highest BCUT2D eigenvalue weighted by molar-refractivity contribution is 6.32. The van der Waals surface area contributed by atoms with Crippen LogP contribution in [0.1, 0.15) is 36.6 Å². The molecule has 2 aliphatic heterocycles. The zero-order valence-corrected chi connectivity index (χ0v) is 17.8. The molecule has 6 nitrogen and oxygen atoms in total. The normalized spacial score (nSPS) is 19.2. The number of nitrogens with zero attached hydrogens (tertiary/aromatic N) is 3. The quantitative estimate of drug-likeness (QED) is 0.561. The first-order chi connectivity index (χ1) is 15.2. The van der Waals surface area contributed by atoms with E-state index in [1.54, 1.807) is 12.1 Å². The summed E-state index contributed by atoms with van der Waals surface area (Å²) in [7, 11) is 0. The molecule has 2 aliphatic rings. The highest BCUT2D eigenvalue weighted by atomic mass is 35.5. The molecule has 1 atom stereocenters. The number of benzene rings is 2. The fourth-order valence-electron chi connectivity index (χ4n) is 4.18. The maximum absolute atomic E-state index is 13.5. The summed E-state index contributed by atoms with van der Waals surface area (Å²) in [5.41, 5.74) is 1.70. The van der Waals surface area contributed by atoms with Crippen molar-refractivity contribution < 1.29 is 18.4 Å². The fraction of sp³-hybridized carbons (Fsp3) is 0.391. The molecule has 1 saturated heterocycles. The predicted octanol–water partition coefficient (Wildman–Crippen LogP) is 5.07. The van der Waals surface area contributed by atoms with E-state index in [9.17, 15) is 4.39 Å². The molecular weight excluding hydrogens is 421 g/mol. The van der Waals surface area contributed by atoms with Gasteiger partial charge >= 0.3 is 0 Å². The van der Waals surface area contributed by atoms with Crippen LogP contribution in [-0.4, -0.2) is 41.3 Å². The first-order valence-electron chi connectivity index (χ1n) is 10.6. The summed E-state index contributed by atoms with van der Waals surface area (Å²) in [5, 5.41) is 4.64. The van der Waals surface area contributed by atoms with Crippen molar-refractivity contribution in [3.8, 4) is 22.9 Å². The summed E-state index contributed by atoms with van der Waals surface area (Å²) in [6, 6.07) is 10.2. The maximum Gasteiger partial charge on any atom is 0.231 e. The smallest absolute Gasteiger partial charge is 0.231 e. The van der Waals surface area contributed by atoms with Crippen molar-refractivity contribution in [1.82, 2.24) is 15.0 Å². The second kappa shape index (κ2) is 8.85. The number of halogens is 2. The number of likely N-dealkylation sites (tertiary alicyclic amines) is 1. The standard InChI is InChI=1S/C23H23ClFN3O3/c24-19-10-15(11-20-21(19)30-9-3-8-29-20)13-28-7-2-5-17(14-28)23-26-22(27-31-23)16-4-1-6-18(25)12-16/h1,4,6,10-12,17H,2-3,5,7-9,13-14H2. The largest absolute Gasteiger partial charge is 0.489 e. The number of fused-ring (bicyclic) bond motifs is 1. The summed E-state index contributed by atoms with van der Waals surface area (Å²) < 4.78 is 30.6. The Kier molecular flexibility index (Phi) is 5.78. The number of aromatic nitrogens is 2. The van der Waals surface area contributed by atoms with Crippen molar-refractivity contribution >= 4 is 11.6 Å². The van der Waals surface area contributed by atoms with E-state index in [1.165, 1.54) is 12.1 Å². The first-order valence-corrected chi connectivity index (χ1v) is 10.9. The number of ether oxygens (including phenoxy) is 2. The van der Waals surface area contributed by atoms with Crippen molar-refractivity contribution in [2.24, 2.45) is 0 Å². The summed E-state index contributed by atoms with van der Waals surface area (Å²) in [5.74, 6) is 2.18. The predicted molar refractivity (Wildman–Crippen MR) is 114 cm³/mol. The lowest BCUT2D eigenvalue weighted by molar-refractivity contribution is 0.180. The van der Waals surface area contributed by atoms with Crippen LogP contribution in [0, 0.1) is 5.82 Å². The van der Waals surface area contributed by atoms with E-state index in [0.717, 1.165) is 44.5 Å². The van der Waals surface area contributed by atoms with Gasteiger partial charge in [0.05, 0.1) is 24.2 Å². The zero-order chi connectivity index (χ0) is 21.2. The maximum atomic E-state index is 13.5. The molecule has 1 unspecified atom stereocenters. The van der Waals surface area contributed by atoms with E-state index in [4.69, 9.17) is 25.6 Å². The molecule has 8 heteroatoms. The molecule has 3 heterocycles. The van der Waals surface area contributed by atoms with Gasteiger partial charge in [-0.25, -0.2) is 4.39 Å². The van der Waals surface area contributed by atoms with Gasteiger partial charge in [-0.15, -0.1) is 0 Å². The summed E-state index contributed by atoms with van der Waals surface area (Å²) in [4.78, 5) is 6.90. The Labute approximate surface area is 184 Å². The summed E-state index contributed by atoms with van der Waals surface area (Å²) >= 11 is 6.45. The molecular formula is C23H23ClFN3O3. The molecule has 3 aromatic rings. The lowest BCUT2D eigenvalue weighted by Gasteiger charge is -2.31. The Morgan fingerprint density at radius 2 is 2.03 bits per heavy atom. The van der Waals surface area contributed by atoms with E-state index in [-0.39, 0.29) is 11.7 Å². The van der Waals surface area contributed by atoms with Crippen LogP contribution in [0.5, 0.6) is 11.5 Å². The lowest BCUT2D eigenvalue weighted by Crippen LogP contribution is -2.34. The first kappa shape index (κ1) is 20.3. The Morgan fingerprint density at radius 1 is 1.13 bits per heavy atom. The van der Waals surface area contributed by atoms with Crippen LogP contribution in [0.2, 0.25) is 5.02 Å². The molecule has 0 amide bonds. The molecule has 0 N–H and O–H groups in total. The van der Waals surface area contributed by atoms with Crippen LogP contribution < -0.4 is 9.47 Å². The molecule has 1 fully saturated rings. The van der Waals surface area contributed by atoms with Gasteiger partial charge in [-0.1, -0.05) is 28.9 Å². The number of piperidine rings is 1. The third kappa shape index (κ3) is 4.52. The summed E-state index contributed by atoms with van der Waals surface area (Å²) in [6.07, 6.45) is 2.85. The lowest BCUT2D eigenvalue weighted by atomic mass is 9.97. The van der Waals surface area contributed by atoms with E-state index in [1.807, 2.05) is 12.1 Å². The molecule has 5 rings (SSSR count). The van der Waals surface area contributed by atoms with Gasteiger partial charge in [-0.2, -0.15) is 4.98 Å². The second-order valence-corrected chi connectivity index (χ2v) is 8.40. The topological polar surface area (TPSA) is 60.6 Å². The van der Waals surface area contributed by atoms with Crippen molar-refractivity contribution in [2.45, 2.75) is 31.7 Å². The molecule has 0 bridgehead atoms. The average molecular weight is 444 g/mol. The minimum absolute atomic E-state index is 0.138. The van der Waals surface area contributed by atoms with Gasteiger partial charge in [0.25, 0.3) is 0 Å². The minimum Gasteiger partial charge on any atom is -0.489 e. The number of hydrogen-bond donors (Lipinski definition) is 0. The Hall–Kier alpha value is -2.64.